The number of hydrogen-bond acceptors (Lipinski definition) is 4. The quantitative estimate of drug-likeness (QED) is 0.809. The molecule has 4 heteroatoms. The SMILES string of the molecule is COc1ccc(C(=O)C2COc3ccccc32)cc1OC. The van der Waals surface area contributed by atoms with Crippen LogP contribution in [0, 0.1) is 0 Å². The van der Waals surface area contributed by atoms with Gasteiger partial charge in [0.25, 0.3) is 0 Å². The smallest absolute Gasteiger partial charge is 0.174 e. The van der Waals surface area contributed by atoms with E-state index in [0.717, 1.165) is 11.3 Å². The summed E-state index contributed by atoms with van der Waals surface area (Å²) in [6, 6.07) is 12.9. The first-order chi connectivity index (χ1) is 10.2. The highest BCUT2D eigenvalue weighted by Gasteiger charge is 2.31. The highest BCUT2D eigenvalue weighted by molar-refractivity contribution is 6.02. The molecule has 2 aromatic carbocycles. The number of para-hydroxylation sites is 1. The van der Waals surface area contributed by atoms with Gasteiger partial charge in [-0.05, 0) is 24.3 Å². The molecular formula is C17H16O4. The molecule has 0 bridgehead atoms. The second kappa shape index (κ2) is 5.48. The summed E-state index contributed by atoms with van der Waals surface area (Å²) in [6.07, 6.45) is 0. The van der Waals surface area contributed by atoms with E-state index in [4.69, 9.17) is 14.2 Å². The van der Waals surface area contributed by atoms with E-state index in [2.05, 4.69) is 0 Å². The lowest BCUT2D eigenvalue weighted by molar-refractivity contribution is 0.0947. The molecule has 0 radical (unpaired) electrons. The van der Waals surface area contributed by atoms with Gasteiger partial charge in [0.2, 0.25) is 0 Å². The van der Waals surface area contributed by atoms with Gasteiger partial charge in [0, 0.05) is 11.1 Å². The Morgan fingerprint density at radius 2 is 1.86 bits per heavy atom. The summed E-state index contributed by atoms with van der Waals surface area (Å²) < 4.78 is 16.0. The summed E-state index contributed by atoms with van der Waals surface area (Å²) in [6.45, 7) is 0.381. The van der Waals surface area contributed by atoms with Crippen LogP contribution in [-0.4, -0.2) is 26.6 Å². The van der Waals surface area contributed by atoms with E-state index >= 15 is 0 Å². The number of carbonyl (C=O) groups excluding carboxylic acids is 1. The lowest BCUT2D eigenvalue weighted by atomic mass is 9.92. The third-order valence-corrected chi connectivity index (χ3v) is 3.68. The van der Waals surface area contributed by atoms with Crippen molar-refractivity contribution < 1.29 is 19.0 Å². The first-order valence-corrected chi connectivity index (χ1v) is 6.72. The molecule has 108 valence electrons. The van der Waals surface area contributed by atoms with Crippen LogP contribution in [0.4, 0.5) is 0 Å². The summed E-state index contributed by atoms with van der Waals surface area (Å²) in [7, 11) is 3.13. The Labute approximate surface area is 123 Å². The Morgan fingerprint density at radius 1 is 1.10 bits per heavy atom. The average molecular weight is 284 g/mol. The molecule has 0 amide bonds. The normalized spacial score (nSPS) is 16.0. The number of ether oxygens (including phenoxy) is 3. The molecule has 0 fully saturated rings. The maximum Gasteiger partial charge on any atom is 0.174 e. The van der Waals surface area contributed by atoms with Crippen LogP contribution in [-0.2, 0) is 0 Å². The number of methoxy groups -OCH3 is 2. The van der Waals surface area contributed by atoms with Crippen molar-refractivity contribution in [3.8, 4) is 17.2 Å². The van der Waals surface area contributed by atoms with Gasteiger partial charge in [-0.2, -0.15) is 0 Å². The topological polar surface area (TPSA) is 44.8 Å². The fourth-order valence-corrected chi connectivity index (χ4v) is 2.57. The second-order valence-electron chi connectivity index (χ2n) is 4.84. The number of carbonyl (C=O) groups is 1. The van der Waals surface area contributed by atoms with Gasteiger partial charge >= 0.3 is 0 Å². The van der Waals surface area contributed by atoms with E-state index in [1.165, 1.54) is 0 Å². The molecule has 1 aliphatic heterocycles. The molecule has 0 saturated carbocycles. The molecule has 1 heterocycles. The highest BCUT2D eigenvalue weighted by Crippen LogP contribution is 2.37. The van der Waals surface area contributed by atoms with Crippen LogP contribution in [0.2, 0.25) is 0 Å². The van der Waals surface area contributed by atoms with Crippen molar-refractivity contribution in [1.82, 2.24) is 0 Å². The van der Waals surface area contributed by atoms with E-state index in [1.807, 2.05) is 24.3 Å². The molecule has 0 N–H and O–H groups in total. The van der Waals surface area contributed by atoms with Crippen LogP contribution in [0.3, 0.4) is 0 Å². The minimum atomic E-state index is -0.265. The summed E-state index contributed by atoms with van der Waals surface area (Å²) in [5.41, 5.74) is 1.54. The van der Waals surface area contributed by atoms with Gasteiger partial charge in [0.15, 0.2) is 17.3 Å². The molecule has 2 aromatic rings. The largest absolute Gasteiger partial charge is 0.493 e. The average Bonchev–Trinajstić information content (AvgIpc) is 2.97. The predicted octanol–water partition coefficient (Wildman–Crippen LogP) is 3.06. The molecule has 3 rings (SSSR count). The minimum absolute atomic E-state index is 0.0286. The van der Waals surface area contributed by atoms with Gasteiger partial charge < -0.3 is 14.2 Å². The minimum Gasteiger partial charge on any atom is -0.493 e. The van der Waals surface area contributed by atoms with Crippen LogP contribution in [0.5, 0.6) is 17.2 Å². The summed E-state index contributed by atoms with van der Waals surface area (Å²) >= 11 is 0. The van der Waals surface area contributed by atoms with Crippen molar-refractivity contribution in [2.24, 2.45) is 0 Å². The number of ketones is 1. The number of rotatable bonds is 4. The lowest BCUT2D eigenvalue weighted by Crippen LogP contribution is -2.14. The fraction of sp³-hybridized carbons (Fsp3) is 0.235. The Kier molecular flexibility index (Phi) is 3.52. The van der Waals surface area contributed by atoms with Crippen LogP contribution in [0.1, 0.15) is 21.8 Å². The Hall–Kier alpha value is -2.49. The van der Waals surface area contributed by atoms with Gasteiger partial charge in [0.1, 0.15) is 12.4 Å². The van der Waals surface area contributed by atoms with Gasteiger partial charge in [-0.15, -0.1) is 0 Å². The van der Waals surface area contributed by atoms with Crippen LogP contribution in [0.25, 0.3) is 0 Å². The summed E-state index contributed by atoms with van der Waals surface area (Å²) in [5.74, 6) is 1.71. The van der Waals surface area contributed by atoms with Gasteiger partial charge in [-0.3, -0.25) is 4.79 Å². The fourth-order valence-electron chi connectivity index (χ4n) is 2.57. The molecule has 1 aliphatic rings. The monoisotopic (exact) mass is 284 g/mol. The van der Waals surface area contributed by atoms with Crippen LogP contribution < -0.4 is 14.2 Å². The van der Waals surface area contributed by atoms with Gasteiger partial charge in [0.05, 0.1) is 20.1 Å². The van der Waals surface area contributed by atoms with Crippen molar-refractivity contribution >= 4 is 5.78 Å². The van der Waals surface area contributed by atoms with E-state index in [-0.39, 0.29) is 11.7 Å². The van der Waals surface area contributed by atoms with Gasteiger partial charge in [-0.25, -0.2) is 0 Å². The molecule has 1 unspecified atom stereocenters. The van der Waals surface area contributed by atoms with Crippen molar-refractivity contribution in [3.05, 3.63) is 53.6 Å². The Morgan fingerprint density at radius 3 is 2.62 bits per heavy atom. The zero-order chi connectivity index (χ0) is 14.8. The molecule has 1 atom stereocenters. The molecule has 0 spiro atoms. The molecule has 0 aromatic heterocycles. The molecule has 4 nitrogen and oxygen atoms in total. The number of hydrogen-bond donors (Lipinski definition) is 0. The van der Waals surface area contributed by atoms with Crippen LogP contribution >= 0.6 is 0 Å². The van der Waals surface area contributed by atoms with Crippen molar-refractivity contribution in [1.29, 1.82) is 0 Å². The summed E-state index contributed by atoms with van der Waals surface area (Å²) in [5, 5.41) is 0. The zero-order valence-corrected chi connectivity index (χ0v) is 12.0. The molecule has 21 heavy (non-hydrogen) atoms. The number of fused-ring (bicyclic) bond motifs is 1. The number of benzene rings is 2. The second-order valence-corrected chi connectivity index (χ2v) is 4.84. The van der Waals surface area contributed by atoms with E-state index in [9.17, 15) is 4.79 Å². The highest BCUT2D eigenvalue weighted by atomic mass is 16.5. The van der Waals surface area contributed by atoms with Gasteiger partial charge in [-0.1, -0.05) is 18.2 Å². The number of Topliss-reactive ketones (excluding diaryl/α,β-unsaturated/α-hetero) is 1. The molecule has 0 saturated heterocycles. The Bertz CT molecular complexity index is 678. The third-order valence-electron chi connectivity index (χ3n) is 3.68. The summed E-state index contributed by atoms with van der Waals surface area (Å²) in [4.78, 5) is 12.7. The van der Waals surface area contributed by atoms with Crippen molar-refractivity contribution in [3.63, 3.8) is 0 Å². The maximum absolute atomic E-state index is 12.7. The predicted molar refractivity (Wildman–Crippen MR) is 78.6 cm³/mol. The maximum atomic E-state index is 12.7. The third kappa shape index (κ3) is 2.33. The van der Waals surface area contributed by atoms with E-state index < -0.39 is 0 Å². The zero-order valence-electron chi connectivity index (χ0n) is 12.0. The van der Waals surface area contributed by atoms with Crippen molar-refractivity contribution in [2.45, 2.75) is 5.92 Å². The van der Waals surface area contributed by atoms with E-state index in [1.54, 1.807) is 32.4 Å². The first kappa shape index (κ1) is 13.5. The van der Waals surface area contributed by atoms with Crippen LogP contribution in [0.15, 0.2) is 42.5 Å². The molecular weight excluding hydrogens is 268 g/mol. The standard InChI is InChI=1S/C17H16O4/c1-19-15-8-7-11(9-16(15)20-2)17(18)13-10-21-14-6-4-3-5-12(13)14/h3-9,13H,10H2,1-2H3. The van der Waals surface area contributed by atoms with Crippen molar-refractivity contribution in [2.75, 3.05) is 20.8 Å². The van der Waals surface area contributed by atoms with E-state index in [0.29, 0.717) is 23.7 Å². The molecule has 0 aliphatic carbocycles. The Balaban J connectivity index is 1.93. The lowest BCUT2D eigenvalue weighted by Gasteiger charge is -2.11. The first-order valence-electron chi connectivity index (χ1n) is 6.72.